The van der Waals surface area contributed by atoms with E-state index in [9.17, 15) is 14.9 Å². The fourth-order valence-electron chi connectivity index (χ4n) is 3.35. The number of esters is 1. The number of hydrogen-bond donors (Lipinski definition) is 1. The van der Waals surface area contributed by atoms with Gasteiger partial charge in [0.1, 0.15) is 11.1 Å². The molecule has 1 amide bonds. The Bertz CT molecular complexity index is 1210. The van der Waals surface area contributed by atoms with Crippen molar-refractivity contribution >= 4 is 40.0 Å². The highest BCUT2D eigenvalue weighted by Gasteiger charge is 2.24. The first-order chi connectivity index (χ1) is 15.1. The summed E-state index contributed by atoms with van der Waals surface area (Å²) in [4.78, 5) is 26.3. The quantitative estimate of drug-likeness (QED) is 0.467. The molecule has 0 aliphatic heterocycles. The van der Waals surface area contributed by atoms with Crippen molar-refractivity contribution < 1.29 is 14.3 Å². The van der Waals surface area contributed by atoms with Gasteiger partial charge in [-0.3, -0.25) is 4.79 Å². The molecule has 2 aromatic heterocycles. The van der Waals surface area contributed by atoms with Gasteiger partial charge in [-0.05, 0) is 53.8 Å². The van der Waals surface area contributed by atoms with E-state index in [1.807, 2.05) is 30.3 Å². The molecule has 3 aromatic rings. The van der Waals surface area contributed by atoms with E-state index in [0.717, 1.165) is 35.3 Å². The molecule has 1 aromatic carbocycles. The molecule has 31 heavy (non-hydrogen) atoms. The Hall–Kier alpha value is -3.84. The summed E-state index contributed by atoms with van der Waals surface area (Å²) >= 11 is 1.41. The number of carbonyl (C=O) groups is 2. The Morgan fingerprint density at radius 3 is 2.84 bits per heavy atom. The first-order valence-corrected chi connectivity index (χ1v) is 10.4. The maximum atomic E-state index is 12.8. The molecule has 0 radical (unpaired) electrons. The summed E-state index contributed by atoms with van der Waals surface area (Å²) in [7, 11) is 0. The van der Waals surface area contributed by atoms with E-state index < -0.39 is 18.5 Å². The van der Waals surface area contributed by atoms with Gasteiger partial charge in [-0.1, -0.05) is 30.3 Å². The molecule has 1 aliphatic rings. The number of benzene rings is 1. The first kappa shape index (κ1) is 20.4. The number of anilines is 1. The smallest absolute Gasteiger partial charge is 0.357 e. The van der Waals surface area contributed by atoms with Crippen LogP contribution in [0, 0.1) is 18.3 Å². The summed E-state index contributed by atoms with van der Waals surface area (Å²) < 4.78 is 6.48. The highest BCUT2D eigenvalue weighted by Crippen LogP contribution is 2.38. The van der Waals surface area contributed by atoms with Crippen LogP contribution in [0.5, 0.6) is 0 Å². The topological polar surface area (TPSA) is 123 Å². The number of fused-ring (bicyclic) bond motifs is 1. The number of nitriles is 1. The molecule has 1 N–H and O–H groups in total. The fraction of sp³-hybridized carbons (Fsp3) is 0.238. The number of carbonyl (C=O) groups excluding carboxylic acids is 2. The van der Waals surface area contributed by atoms with Crippen LogP contribution in [0.1, 0.15) is 33.8 Å². The molecule has 2 heterocycles. The standard InChI is InChI=1S/C21H18N6O3S/c1-13-24-25-26-27(13)17(10-14-6-3-2-4-7-14)21(29)30-12-19(28)23-20-16(11-22)15-8-5-9-18(15)31-20/h2-4,6-7,10H,5,8-9,12H2,1H3,(H,23,28)/b17-10-. The van der Waals surface area contributed by atoms with E-state index in [-0.39, 0.29) is 5.70 Å². The van der Waals surface area contributed by atoms with Crippen molar-refractivity contribution in [3.8, 4) is 6.07 Å². The Balaban J connectivity index is 1.47. The van der Waals surface area contributed by atoms with Crippen LogP contribution in [0.4, 0.5) is 5.00 Å². The number of nitrogens with one attached hydrogen (secondary N) is 1. The molecule has 0 bridgehead atoms. The van der Waals surface area contributed by atoms with Gasteiger partial charge in [0.05, 0.1) is 5.56 Å². The predicted molar refractivity (Wildman–Crippen MR) is 114 cm³/mol. The lowest BCUT2D eigenvalue weighted by Crippen LogP contribution is -2.23. The number of tetrazole rings is 1. The zero-order valence-electron chi connectivity index (χ0n) is 16.7. The van der Waals surface area contributed by atoms with E-state index in [1.54, 1.807) is 13.0 Å². The van der Waals surface area contributed by atoms with E-state index >= 15 is 0 Å². The monoisotopic (exact) mass is 434 g/mol. The average Bonchev–Trinajstić information content (AvgIpc) is 3.47. The van der Waals surface area contributed by atoms with Crippen molar-refractivity contribution in [2.24, 2.45) is 0 Å². The molecule has 0 saturated carbocycles. The lowest BCUT2D eigenvalue weighted by molar-refractivity contribution is -0.141. The van der Waals surface area contributed by atoms with E-state index in [4.69, 9.17) is 4.74 Å². The van der Waals surface area contributed by atoms with Crippen LogP contribution in [-0.2, 0) is 27.2 Å². The lowest BCUT2D eigenvalue weighted by Gasteiger charge is -2.09. The zero-order chi connectivity index (χ0) is 21.8. The van der Waals surface area contributed by atoms with Gasteiger partial charge in [0.25, 0.3) is 5.91 Å². The normalized spacial score (nSPS) is 12.8. The van der Waals surface area contributed by atoms with Gasteiger partial charge in [-0.25, -0.2) is 4.79 Å². The second-order valence-corrected chi connectivity index (χ2v) is 7.98. The minimum Gasteiger partial charge on any atom is -0.451 e. The van der Waals surface area contributed by atoms with Crippen molar-refractivity contribution in [1.29, 1.82) is 5.26 Å². The van der Waals surface area contributed by atoms with Crippen LogP contribution in [0.3, 0.4) is 0 Å². The van der Waals surface area contributed by atoms with Gasteiger partial charge in [0, 0.05) is 4.88 Å². The number of nitrogens with zero attached hydrogens (tertiary/aromatic N) is 5. The Kier molecular flexibility index (Phi) is 5.86. The molecule has 0 saturated heterocycles. The molecule has 0 unspecified atom stereocenters. The molecule has 4 rings (SSSR count). The fourth-order valence-corrected chi connectivity index (χ4v) is 4.60. The van der Waals surface area contributed by atoms with Gasteiger partial charge < -0.3 is 10.1 Å². The maximum Gasteiger partial charge on any atom is 0.357 e. The number of rotatable bonds is 6. The lowest BCUT2D eigenvalue weighted by atomic mass is 10.1. The first-order valence-electron chi connectivity index (χ1n) is 9.60. The molecule has 0 atom stereocenters. The van der Waals surface area contributed by atoms with Crippen molar-refractivity contribution in [3.05, 3.63) is 57.7 Å². The summed E-state index contributed by atoms with van der Waals surface area (Å²) in [5.41, 5.74) is 2.35. The van der Waals surface area contributed by atoms with E-state index in [0.29, 0.717) is 16.4 Å². The molecule has 10 heteroatoms. The van der Waals surface area contributed by atoms with E-state index in [1.165, 1.54) is 16.0 Å². The van der Waals surface area contributed by atoms with Crippen LogP contribution in [-0.4, -0.2) is 38.7 Å². The Labute approximate surface area is 182 Å². The SMILES string of the molecule is Cc1nnnn1/C(=C\c1ccccc1)C(=O)OCC(=O)Nc1sc2c(c1C#N)CCC2. The van der Waals surface area contributed by atoms with Crippen LogP contribution >= 0.6 is 11.3 Å². The average molecular weight is 434 g/mol. The molecule has 0 fully saturated rings. The number of hydrogen-bond acceptors (Lipinski definition) is 8. The van der Waals surface area contributed by atoms with Gasteiger partial charge in [0.2, 0.25) is 0 Å². The zero-order valence-corrected chi connectivity index (χ0v) is 17.5. The van der Waals surface area contributed by atoms with Crippen LogP contribution < -0.4 is 5.32 Å². The van der Waals surface area contributed by atoms with Gasteiger partial charge in [-0.15, -0.1) is 16.4 Å². The van der Waals surface area contributed by atoms with Gasteiger partial charge in [0.15, 0.2) is 18.1 Å². The Morgan fingerprint density at radius 2 is 2.13 bits per heavy atom. The maximum absolute atomic E-state index is 12.8. The summed E-state index contributed by atoms with van der Waals surface area (Å²) in [6.45, 7) is 1.15. The predicted octanol–water partition coefficient (Wildman–Crippen LogP) is 2.58. The highest BCUT2D eigenvalue weighted by molar-refractivity contribution is 7.16. The third kappa shape index (κ3) is 4.36. The van der Waals surface area contributed by atoms with Gasteiger partial charge in [-0.2, -0.15) is 9.94 Å². The van der Waals surface area contributed by atoms with Crippen molar-refractivity contribution in [1.82, 2.24) is 20.2 Å². The van der Waals surface area contributed by atoms with Crippen molar-refractivity contribution in [2.75, 3.05) is 11.9 Å². The third-order valence-electron chi connectivity index (χ3n) is 4.79. The molecule has 9 nitrogen and oxygen atoms in total. The minimum absolute atomic E-state index is 0.0781. The summed E-state index contributed by atoms with van der Waals surface area (Å²) in [5, 5.41) is 23.8. The molecular weight excluding hydrogens is 416 g/mol. The van der Waals surface area contributed by atoms with E-state index in [2.05, 4.69) is 26.9 Å². The number of aryl methyl sites for hydroxylation is 2. The van der Waals surface area contributed by atoms with Crippen molar-refractivity contribution in [2.45, 2.75) is 26.2 Å². The number of amides is 1. The number of aromatic nitrogens is 4. The molecule has 1 aliphatic carbocycles. The molecule has 156 valence electrons. The van der Waals surface area contributed by atoms with Crippen LogP contribution in [0.15, 0.2) is 30.3 Å². The van der Waals surface area contributed by atoms with Gasteiger partial charge >= 0.3 is 5.97 Å². The second-order valence-electron chi connectivity index (χ2n) is 6.88. The largest absolute Gasteiger partial charge is 0.451 e. The summed E-state index contributed by atoms with van der Waals surface area (Å²) in [5.74, 6) is -0.865. The molecule has 0 spiro atoms. The van der Waals surface area contributed by atoms with Crippen LogP contribution in [0.25, 0.3) is 11.8 Å². The molecular formula is C21H18N6O3S. The Morgan fingerprint density at radius 1 is 1.32 bits per heavy atom. The minimum atomic E-state index is -0.747. The summed E-state index contributed by atoms with van der Waals surface area (Å²) in [6.07, 6.45) is 4.37. The summed E-state index contributed by atoms with van der Waals surface area (Å²) in [6, 6.07) is 11.3. The third-order valence-corrected chi connectivity index (χ3v) is 5.99. The number of ether oxygens (including phenoxy) is 1. The van der Waals surface area contributed by atoms with Crippen LogP contribution in [0.2, 0.25) is 0 Å². The highest BCUT2D eigenvalue weighted by atomic mass is 32.1. The second kappa shape index (κ2) is 8.89. The van der Waals surface area contributed by atoms with Crippen molar-refractivity contribution in [3.63, 3.8) is 0 Å². The number of thiophene rings is 1.